The maximum absolute atomic E-state index is 13.5. The van der Waals surface area contributed by atoms with Crippen LogP contribution in [0.5, 0.6) is 0 Å². The van der Waals surface area contributed by atoms with Crippen molar-refractivity contribution >= 4 is 27.3 Å². The van der Waals surface area contributed by atoms with E-state index in [0.29, 0.717) is 22.6 Å². The van der Waals surface area contributed by atoms with Crippen molar-refractivity contribution < 1.29 is 17.6 Å². The molecular weight excluding hydrogens is 365 g/mol. The average molecular weight is 382 g/mol. The number of carbonyl (C=O) groups is 1. The monoisotopic (exact) mass is 381 g/mol. The molecule has 1 aliphatic heterocycles. The van der Waals surface area contributed by atoms with E-state index in [4.69, 9.17) is 11.6 Å². The Morgan fingerprint density at radius 1 is 1.20 bits per heavy atom. The van der Waals surface area contributed by atoms with Gasteiger partial charge in [-0.05, 0) is 36.2 Å². The van der Waals surface area contributed by atoms with Crippen LogP contribution in [0.25, 0.3) is 0 Å². The quantitative estimate of drug-likeness (QED) is 0.816. The highest BCUT2D eigenvalue weighted by molar-refractivity contribution is 7.91. The van der Waals surface area contributed by atoms with E-state index in [1.54, 1.807) is 36.4 Å². The first-order valence-electron chi connectivity index (χ1n) is 7.86. The summed E-state index contributed by atoms with van der Waals surface area (Å²) in [5, 5.41) is 0.303. The molecule has 25 heavy (non-hydrogen) atoms. The highest BCUT2D eigenvalue weighted by Gasteiger charge is 2.35. The number of benzene rings is 2. The van der Waals surface area contributed by atoms with Gasteiger partial charge in [-0.2, -0.15) is 0 Å². The van der Waals surface area contributed by atoms with Gasteiger partial charge < -0.3 is 4.90 Å². The summed E-state index contributed by atoms with van der Waals surface area (Å²) in [7, 11) is -3.17. The van der Waals surface area contributed by atoms with E-state index in [2.05, 4.69) is 0 Å². The van der Waals surface area contributed by atoms with Crippen LogP contribution in [-0.4, -0.2) is 36.8 Å². The number of nitrogens with zero attached hydrogens (tertiary/aromatic N) is 1. The van der Waals surface area contributed by atoms with E-state index in [1.807, 2.05) is 0 Å². The predicted molar refractivity (Wildman–Crippen MR) is 94.8 cm³/mol. The van der Waals surface area contributed by atoms with Crippen LogP contribution in [0.2, 0.25) is 5.02 Å². The molecule has 0 aliphatic carbocycles. The van der Waals surface area contributed by atoms with Gasteiger partial charge in [-0.25, -0.2) is 12.8 Å². The highest BCUT2D eigenvalue weighted by Crippen LogP contribution is 2.25. The largest absolute Gasteiger partial charge is 0.330 e. The minimum absolute atomic E-state index is 0.0487. The van der Waals surface area contributed by atoms with Gasteiger partial charge in [0.05, 0.1) is 22.1 Å². The number of halogens is 2. The van der Waals surface area contributed by atoms with Crippen LogP contribution in [0, 0.1) is 5.82 Å². The first-order chi connectivity index (χ1) is 11.9. The Morgan fingerprint density at radius 3 is 2.60 bits per heavy atom. The second-order valence-corrected chi connectivity index (χ2v) is 8.74. The molecule has 2 aromatic carbocycles. The maximum atomic E-state index is 13.5. The molecule has 7 heteroatoms. The van der Waals surface area contributed by atoms with Crippen LogP contribution in [0.4, 0.5) is 4.39 Å². The van der Waals surface area contributed by atoms with Gasteiger partial charge >= 0.3 is 0 Å². The molecule has 1 aliphatic rings. The number of rotatable bonds is 4. The van der Waals surface area contributed by atoms with Crippen molar-refractivity contribution in [3.8, 4) is 0 Å². The average Bonchev–Trinajstić information content (AvgIpc) is 2.92. The fourth-order valence-corrected chi connectivity index (χ4v) is 4.96. The lowest BCUT2D eigenvalue weighted by molar-refractivity contribution is 0.0681. The maximum Gasteiger partial charge on any atom is 0.255 e. The summed E-state index contributed by atoms with van der Waals surface area (Å²) < 4.78 is 37.2. The minimum atomic E-state index is -3.17. The third-order valence-corrected chi connectivity index (χ3v) is 6.34. The number of hydrogen-bond donors (Lipinski definition) is 0. The molecule has 1 fully saturated rings. The van der Waals surface area contributed by atoms with Crippen molar-refractivity contribution in [1.82, 2.24) is 4.90 Å². The van der Waals surface area contributed by atoms with Crippen molar-refractivity contribution in [1.29, 1.82) is 0 Å². The molecule has 0 spiro atoms. The van der Waals surface area contributed by atoms with Crippen molar-refractivity contribution in [3.05, 3.63) is 70.5 Å². The molecule has 2 aromatic rings. The molecule has 0 aromatic heterocycles. The molecule has 1 saturated heterocycles. The first-order valence-corrected chi connectivity index (χ1v) is 10.1. The normalized spacial score (nSPS) is 18.9. The van der Waals surface area contributed by atoms with Gasteiger partial charge in [-0.1, -0.05) is 35.9 Å². The number of carbonyl (C=O) groups excluding carboxylic acids is 1. The van der Waals surface area contributed by atoms with Crippen molar-refractivity contribution in [2.75, 3.05) is 11.5 Å². The van der Waals surface area contributed by atoms with Crippen LogP contribution < -0.4 is 0 Å². The fourth-order valence-electron chi connectivity index (χ4n) is 3.01. The Morgan fingerprint density at radius 2 is 1.96 bits per heavy atom. The summed E-state index contributed by atoms with van der Waals surface area (Å²) in [5.74, 6) is -0.787. The lowest BCUT2D eigenvalue weighted by Gasteiger charge is -2.29. The zero-order valence-electron chi connectivity index (χ0n) is 13.4. The SMILES string of the molecule is O=C(c1ccccc1Cl)N(Cc1cccc(F)c1)[C@H]1CCS(=O)(=O)C1. The van der Waals surface area contributed by atoms with Crippen molar-refractivity contribution in [2.24, 2.45) is 0 Å². The molecule has 0 radical (unpaired) electrons. The molecule has 1 atom stereocenters. The molecule has 0 unspecified atom stereocenters. The molecule has 0 saturated carbocycles. The summed E-state index contributed by atoms with van der Waals surface area (Å²) in [6, 6.07) is 12.1. The minimum Gasteiger partial charge on any atom is -0.330 e. The van der Waals surface area contributed by atoms with E-state index >= 15 is 0 Å². The Kier molecular flexibility index (Phi) is 5.11. The topological polar surface area (TPSA) is 54.5 Å². The summed E-state index contributed by atoms with van der Waals surface area (Å²) in [4.78, 5) is 14.5. The van der Waals surface area contributed by atoms with E-state index in [9.17, 15) is 17.6 Å². The molecule has 1 heterocycles. The van der Waals surface area contributed by atoms with Crippen molar-refractivity contribution in [2.45, 2.75) is 19.0 Å². The fraction of sp³-hybridized carbons (Fsp3) is 0.278. The molecule has 132 valence electrons. The molecule has 0 bridgehead atoms. The smallest absolute Gasteiger partial charge is 0.255 e. The van der Waals surface area contributed by atoms with Gasteiger partial charge in [0.15, 0.2) is 9.84 Å². The summed E-state index contributed by atoms with van der Waals surface area (Å²) in [5.41, 5.74) is 0.912. The van der Waals surface area contributed by atoms with Gasteiger partial charge in [-0.15, -0.1) is 0 Å². The predicted octanol–water partition coefficient (Wildman–Crippen LogP) is 3.31. The first kappa shape index (κ1) is 17.9. The number of amides is 1. The lowest BCUT2D eigenvalue weighted by Crippen LogP contribution is -2.40. The third-order valence-electron chi connectivity index (χ3n) is 4.26. The summed E-state index contributed by atoms with van der Waals surface area (Å²) >= 11 is 6.13. The van der Waals surface area contributed by atoms with Gasteiger partial charge in [0.1, 0.15) is 5.82 Å². The summed E-state index contributed by atoms with van der Waals surface area (Å²) in [6.45, 7) is 0.127. The molecule has 3 rings (SSSR count). The molecule has 4 nitrogen and oxygen atoms in total. The Labute approximate surface area is 151 Å². The second kappa shape index (κ2) is 7.14. The van der Waals surface area contributed by atoms with Crippen LogP contribution in [0.15, 0.2) is 48.5 Å². The summed E-state index contributed by atoms with van der Waals surface area (Å²) in [6.07, 6.45) is 0.369. The van der Waals surface area contributed by atoms with Gasteiger partial charge in [0, 0.05) is 12.6 Å². The molecular formula is C18H17ClFNO3S. The standard InChI is InChI=1S/C18H17ClFNO3S/c19-17-7-2-1-6-16(17)18(22)21(15-8-9-25(23,24)12-15)11-13-4-3-5-14(20)10-13/h1-7,10,15H,8-9,11-12H2/t15-/m0/s1. The molecule has 1 amide bonds. The highest BCUT2D eigenvalue weighted by atomic mass is 35.5. The van der Waals surface area contributed by atoms with Gasteiger partial charge in [0.2, 0.25) is 0 Å². The van der Waals surface area contributed by atoms with Crippen LogP contribution in [0.3, 0.4) is 0 Å². The Hall–Kier alpha value is -1.92. The van der Waals surface area contributed by atoms with Gasteiger partial charge in [0.25, 0.3) is 5.91 Å². The third kappa shape index (κ3) is 4.19. The second-order valence-electron chi connectivity index (χ2n) is 6.10. The number of hydrogen-bond acceptors (Lipinski definition) is 3. The lowest BCUT2D eigenvalue weighted by atomic mass is 10.1. The Bertz CT molecular complexity index is 901. The molecule has 0 N–H and O–H groups in total. The number of sulfone groups is 1. The zero-order chi connectivity index (χ0) is 18.0. The van der Waals surface area contributed by atoms with Crippen LogP contribution in [-0.2, 0) is 16.4 Å². The zero-order valence-corrected chi connectivity index (χ0v) is 14.9. The van der Waals surface area contributed by atoms with Crippen LogP contribution >= 0.6 is 11.6 Å². The van der Waals surface area contributed by atoms with Crippen molar-refractivity contribution in [3.63, 3.8) is 0 Å². The van der Waals surface area contributed by atoms with E-state index in [-0.39, 0.29) is 24.0 Å². The Balaban J connectivity index is 1.94. The van der Waals surface area contributed by atoms with E-state index in [1.165, 1.54) is 17.0 Å². The van der Waals surface area contributed by atoms with E-state index < -0.39 is 21.7 Å². The van der Waals surface area contributed by atoms with Crippen LogP contribution in [0.1, 0.15) is 22.3 Å². The van der Waals surface area contributed by atoms with Gasteiger partial charge in [-0.3, -0.25) is 4.79 Å². The van der Waals surface area contributed by atoms with E-state index in [0.717, 1.165) is 0 Å².